The minimum absolute atomic E-state index is 0.606. The summed E-state index contributed by atoms with van der Waals surface area (Å²) >= 11 is 0. The third kappa shape index (κ3) is 10.2. The van der Waals surface area contributed by atoms with Gasteiger partial charge in [0.2, 0.25) is 0 Å². The highest BCUT2D eigenvalue weighted by Crippen LogP contribution is 2.32. The van der Waals surface area contributed by atoms with Crippen LogP contribution >= 0.6 is 0 Å². The highest BCUT2D eigenvalue weighted by molar-refractivity contribution is 6.72. The molecule has 0 aromatic heterocycles. The fraction of sp³-hybridized carbons (Fsp3) is 0.846. The fourth-order valence-electron chi connectivity index (χ4n) is 1.79. The first-order valence-electron chi connectivity index (χ1n) is 7.11. The zero-order valence-electron chi connectivity index (χ0n) is 14.6. The second-order valence-corrected chi connectivity index (χ2v) is 21.6. The van der Waals surface area contributed by atoms with Gasteiger partial charge < -0.3 is 13.3 Å². The van der Waals surface area contributed by atoms with Gasteiger partial charge in [-0.3, -0.25) is 0 Å². The van der Waals surface area contributed by atoms with Crippen LogP contribution in [0, 0.1) is 0 Å². The van der Waals surface area contributed by atoms with Gasteiger partial charge in [-0.15, -0.1) is 5.70 Å². The maximum atomic E-state index is 6.37. The van der Waals surface area contributed by atoms with Gasteiger partial charge in [-0.1, -0.05) is 6.08 Å². The Bertz CT molecular complexity index is 283. The first-order valence-corrected chi connectivity index (χ1v) is 17.9. The van der Waals surface area contributed by atoms with Crippen LogP contribution in [-0.2, 0) is 13.3 Å². The fourth-order valence-corrected chi connectivity index (χ4v) is 5.46. The lowest BCUT2D eigenvalue weighted by Crippen LogP contribution is -2.55. The molecule has 0 N–H and O–H groups in total. The first kappa shape index (κ1) is 20.5. The molecule has 0 heterocycles. The van der Waals surface area contributed by atoms with Gasteiger partial charge in [0, 0.05) is 6.42 Å². The van der Waals surface area contributed by atoms with Crippen molar-refractivity contribution in [3.63, 3.8) is 0 Å². The van der Waals surface area contributed by atoms with Crippen LogP contribution in [0.5, 0.6) is 0 Å². The summed E-state index contributed by atoms with van der Waals surface area (Å²) in [6, 6.07) is 0. The van der Waals surface area contributed by atoms with Crippen LogP contribution in [0.3, 0.4) is 0 Å². The summed E-state index contributed by atoms with van der Waals surface area (Å²) in [5.74, 6) is -0.928. The maximum Gasteiger partial charge on any atom is 0.258 e. The van der Waals surface area contributed by atoms with E-state index in [1.807, 2.05) is 11.8 Å². The lowest BCUT2D eigenvalue weighted by molar-refractivity contribution is -0.267. The summed E-state index contributed by atoms with van der Waals surface area (Å²) in [6.45, 7) is 19.5. The van der Waals surface area contributed by atoms with E-state index in [2.05, 4.69) is 69.2 Å². The summed E-state index contributed by atoms with van der Waals surface area (Å²) in [7, 11) is -2.02. The molecule has 0 saturated carbocycles. The monoisotopic (exact) mass is 347 g/mol. The van der Waals surface area contributed by atoms with Crippen LogP contribution in [0.15, 0.2) is 11.8 Å². The van der Waals surface area contributed by atoms with Crippen molar-refractivity contribution in [3.05, 3.63) is 11.8 Å². The van der Waals surface area contributed by atoms with E-state index < -0.39 is 30.9 Å². The molecule has 0 unspecified atom stereocenters. The third-order valence-corrected chi connectivity index (χ3v) is 4.88. The van der Waals surface area contributed by atoms with Gasteiger partial charge in [0.15, 0.2) is 25.0 Å². The second kappa shape index (κ2) is 7.17. The molecule has 0 atom stereocenters. The highest BCUT2D eigenvalue weighted by Gasteiger charge is 2.44. The molecule has 0 spiro atoms. The van der Waals surface area contributed by atoms with E-state index in [-0.39, 0.29) is 0 Å². The van der Waals surface area contributed by atoms with Crippen molar-refractivity contribution in [2.24, 2.45) is 0 Å². The van der Waals surface area contributed by atoms with Crippen LogP contribution in [0.2, 0.25) is 58.9 Å². The Kier molecular flexibility index (Phi) is 7.34. The Hall–Kier alpha value is 0.488. The van der Waals surface area contributed by atoms with Gasteiger partial charge in [-0.05, 0) is 58.9 Å². The summed E-state index contributed by atoms with van der Waals surface area (Å²) in [6.07, 6.45) is 2.60. The summed E-state index contributed by atoms with van der Waals surface area (Å²) < 4.78 is 19.1. The van der Waals surface area contributed by atoms with E-state index in [4.69, 9.17) is 13.3 Å². The van der Waals surface area contributed by atoms with E-state index >= 15 is 0 Å². The molecular weight excluding hydrogens is 316 g/mol. The van der Waals surface area contributed by atoms with Crippen molar-refractivity contribution >= 4 is 35.2 Å². The molecular formula is C13H31O3Si4. The molecule has 0 aliphatic heterocycles. The first-order chi connectivity index (χ1) is 8.68. The molecule has 0 rings (SSSR count). The Labute approximate surface area is 131 Å². The van der Waals surface area contributed by atoms with Gasteiger partial charge in [0.05, 0.1) is 10.2 Å². The molecule has 0 saturated heterocycles. The topological polar surface area (TPSA) is 27.7 Å². The molecule has 117 valence electrons. The average molecular weight is 348 g/mol. The molecule has 0 fully saturated rings. The van der Waals surface area contributed by atoms with Crippen molar-refractivity contribution < 1.29 is 13.3 Å². The zero-order valence-corrected chi connectivity index (χ0v) is 18.6. The Morgan fingerprint density at radius 3 is 1.25 bits per heavy atom. The minimum atomic E-state index is -1.80. The predicted octanol–water partition coefficient (Wildman–Crippen LogP) is 4.27. The van der Waals surface area contributed by atoms with Gasteiger partial charge >= 0.3 is 0 Å². The van der Waals surface area contributed by atoms with Gasteiger partial charge in [0.1, 0.15) is 0 Å². The van der Waals surface area contributed by atoms with Crippen LogP contribution in [0.1, 0.15) is 6.42 Å². The Morgan fingerprint density at radius 2 is 1.05 bits per heavy atom. The van der Waals surface area contributed by atoms with E-state index in [9.17, 15) is 0 Å². The van der Waals surface area contributed by atoms with Crippen LogP contribution in [0.25, 0.3) is 0 Å². The Balaban J connectivity index is 5.50. The molecule has 0 bridgehead atoms. The maximum absolute atomic E-state index is 6.37. The molecule has 0 aromatic rings. The van der Waals surface area contributed by atoms with Gasteiger partial charge in [-0.25, -0.2) is 0 Å². The summed E-state index contributed by atoms with van der Waals surface area (Å²) in [5, 5.41) is 0. The SMILES string of the molecule is C[Si](C)(C)OC(CC=C[Si])(O[Si](C)(C)C)O[Si](C)(C)C. The average Bonchev–Trinajstić information content (AvgIpc) is 2.05. The van der Waals surface area contributed by atoms with E-state index in [1.165, 1.54) is 0 Å². The van der Waals surface area contributed by atoms with Gasteiger partial charge in [-0.2, -0.15) is 0 Å². The molecule has 0 amide bonds. The number of hydrogen-bond acceptors (Lipinski definition) is 3. The highest BCUT2D eigenvalue weighted by atomic mass is 28.4. The van der Waals surface area contributed by atoms with Crippen molar-refractivity contribution in [3.8, 4) is 0 Å². The molecule has 20 heavy (non-hydrogen) atoms. The van der Waals surface area contributed by atoms with E-state index in [0.29, 0.717) is 6.42 Å². The minimum Gasteiger partial charge on any atom is -0.371 e. The summed E-state index contributed by atoms with van der Waals surface area (Å²) in [5.41, 5.74) is 1.84. The van der Waals surface area contributed by atoms with Gasteiger partial charge in [0.25, 0.3) is 5.97 Å². The quantitative estimate of drug-likeness (QED) is 0.485. The molecule has 7 heteroatoms. The van der Waals surface area contributed by atoms with Crippen molar-refractivity contribution in [1.82, 2.24) is 0 Å². The second-order valence-electron chi connectivity index (χ2n) is 7.93. The molecule has 3 radical (unpaired) electrons. The van der Waals surface area contributed by atoms with Crippen molar-refractivity contribution in [2.45, 2.75) is 71.3 Å². The molecule has 3 nitrogen and oxygen atoms in total. The molecule has 0 aliphatic rings. The lowest BCUT2D eigenvalue weighted by Gasteiger charge is -2.45. The molecule has 0 aromatic carbocycles. The predicted molar refractivity (Wildman–Crippen MR) is 95.5 cm³/mol. The van der Waals surface area contributed by atoms with Crippen LogP contribution in [-0.4, -0.2) is 41.2 Å². The van der Waals surface area contributed by atoms with E-state index in [0.717, 1.165) is 0 Å². The normalized spacial score (nSPS) is 15.1. The standard InChI is InChI=1S/C13H31O3Si4/c1-18(2,3)14-13(11-10-12-17,15-19(4,5)6)16-20(7,8)9/h10,12H,11H2,1-9H3. The lowest BCUT2D eigenvalue weighted by atomic mass is 10.4. The molecule has 0 aliphatic carbocycles. The smallest absolute Gasteiger partial charge is 0.258 e. The summed E-state index contributed by atoms with van der Waals surface area (Å²) in [4.78, 5) is 0. The Morgan fingerprint density at radius 1 is 0.750 bits per heavy atom. The van der Waals surface area contributed by atoms with Crippen LogP contribution in [0.4, 0.5) is 0 Å². The zero-order chi connectivity index (χ0) is 16.2. The van der Waals surface area contributed by atoms with Crippen molar-refractivity contribution in [1.29, 1.82) is 0 Å². The number of rotatable bonds is 8. The third-order valence-electron chi connectivity index (χ3n) is 1.87. The number of hydrogen-bond donors (Lipinski definition) is 0. The largest absolute Gasteiger partial charge is 0.371 e. The van der Waals surface area contributed by atoms with E-state index in [1.54, 1.807) is 0 Å². The van der Waals surface area contributed by atoms with Crippen LogP contribution < -0.4 is 0 Å². The van der Waals surface area contributed by atoms with Crippen molar-refractivity contribution in [2.75, 3.05) is 0 Å².